The number of rotatable bonds is 4. The molecule has 0 N–H and O–H groups in total. The lowest BCUT2D eigenvalue weighted by atomic mass is 9.82. The maximum atomic E-state index is 5.47. The van der Waals surface area contributed by atoms with E-state index in [4.69, 9.17) is 9.47 Å². The zero-order valence-electron chi connectivity index (χ0n) is 9.23. The molecule has 0 aliphatic heterocycles. The van der Waals surface area contributed by atoms with Crippen LogP contribution in [0.1, 0.15) is 40.5 Å². The molecular formula is C10H22O2. The van der Waals surface area contributed by atoms with Gasteiger partial charge in [0.2, 0.25) is 0 Å². The molecule has 2 heteroatoms. The van der Waals surface area contributed by atoms with Crippen molar-refractivity contribution < 1.29 is 9.47 Å². The summed E-state index contributed by atoms with van der Waals surface area (Å²) < 4.78 is 10.9. The summed E-state index contributed by atoms with van der Waals surface area (Å²) in [5.41, 5.74) is 0.0203. The third kappa shape index (κ3) is 2.20. The second-order valence-corrected chi connectivity index (χ2v) is 4.16. The fourth-order valence-electron chi connectivity index (χ4n) is 1.60. The summed E-state index contributed by atoms with van der Waals surface area (Å²) in [6, 6.07) is 0. The first-order chi connectivity index (χ1) is 5.43. The van der Waals surface area contributed by atoms with E-state index in [1.165, 1.54) is 0 Å². The normalized spacial score (nSPS) is 13.5. The molecule has 74 valence electrons. The quantitative estimate of drug-likeness (QED) is 0.610. The van der Waals surface area contributed by atoms with Gasteiger partial charge in [0.1, 0.15) is 0 Å². The van der Waals surface area contributed by atoms with E-state index in [1.807, 2.05) is 0 Å². The third-order valence-corrected chi connectivity index (χ3v) is 2.38. The van der Waals surface area contributed by atoms with Gasteiger partial charge in [0, 0.05) is 26.1 Å². The summed E-state index contributed by atoms with van der Waals surface area (Å²) >= 11 is 0. The van der Waals surface area contributed by atoms with Crippen LogP contribution in [0.15, 0.2) is 0 Å². The van der Waals surface area contributed by atoms with Crippen LogP contribution in [0.5, 0.6) is 0 Å². The Hall–Kier alpha value is -0.0800. The Kier molecular flexibility index (Phi) is 4.21. The zero-order chi connectivity index (χ0) is 9.83. The van der Waals surface area contributed by atoms with Crippen LogP contribution < -0.4 is 0 Å². The smallest absolute Gasteiger partial charge is 0.172 e. The Morgan fingerprint density at radius 3 is 1.50 bits per heavy atom. The maximum Gasteiger partial charge on any atom is 0.172 e. The third-order valence-electron chi connectivity index (χ3n) is 2.38. The van der Waals surface area contributed by atoms with Crippen molar-refractivity contribution in [2.24, 2.45) is 5.41 Å². The Morgan fingerprint density at radius 1 is 1.00 bits per heavy atom. The number of ether oxygens (including phenoxy) is 2. The monoisotopic (exact) mass is 174 g/mol. The minimum absolute atomic E-state index is 0.0203. The SMILES string of the molecule is CCCC(OC)(OC)C(C)(C)C. The molecule has 0 aromatic carbocycles. The van der Waals surface area contributed by atoms with E-state index in [2.05, 4.69) is 27.7 Å². The number of methoxy groups -OCH3 is 2. The van der Waals surface area contributed by atoms with Crippen molar-refractivity contribution in [3.05, 3.63) is 0 Å². The van der Waals surface area contributed by atoms with Crippen LogP contribution in [0.2, 0.25) is 0 Å². The predicted molar refractivity (Wildman–Crippen MR) is 51.1 cm³/mol. The van der Waals surface area contributed by atoms with Gasteiger partial charge in [0.05, 0.1) is 0 Å². The lowest BCUT2D eigenvalue weighted by molar-refractivity contribution is -0.267. The molecule has 0 heterocycles. The summed E-state index contributed by atoms with van der Waals surface area (Å²) in [4.78, 5) is 0. The number of hydrogen-bond donors (Lipinski definition) is 0. The van der Waals surface area contributed by atoms with Crippen LogP contribution in [-0.2, 0) is 9.47 Å². The van der Waals surface area contributed by atoms with Gasteiger partial charge < -0.3 is 9.47 Å². The van der Waals surface area contributed by atoms with Gasteiger partial charge in [-0.2, -0.15) is 0 Å². The van der Waals surface area contributed by atoms with E-state index >= 15 is 0 Å². The van der Waals surface area contributed by atoms with E-state index in [9.17, 15) is 0 Å². The summed E-state index contributed by atoms with van der Waals surface area (Å²) in [7, 11) is 3.43. The van der Waals surface area contributed by atoms with Crippen molar-refractivity contribution in [2.45, 2.75) is 46.3 Å². The largest absolute Gasteiger partial charge is 0.353 e. The molecule has 0 atom stereocenters. The van der Waals surface area contributed by atoms with E-state index in [-0.39, 0.29) is 5.41 Å². The topological polar surface area (TPSA) is 18.5 Å². The first kappa shape index (κ1) is 11.9. The van der Waals surface area contributed by atoms with Crippen molar-refractivity contribution >= 4 is 0 Å². The highest BCUT2D eigenvalue weighted by Crippen LogP contribution is 2.37. The predicted octanol–water partition coefficient (Wildman–Crippen LogP) is 2.82. The molecule has 0 saturated carbocycles. The molecule has 12 heavy (non-hydrogen) atoms. The van der Waals surface area contributed by atoms with Gasteiger partial charge in [0.25, 0.3) is 0 Å². The van der Waals surface area contributed by atoms with Gasteiger partial charge >= 0.3 is 0 Å². The molecule has 2 nitrogen and oxygen atoms in total. The number of hydrogen-bond acceptors (Lipinski definition) is 2. The van der Waals surface area contributed by atoms with Gasteiger partial charge in [0.15, 0.2) is 5.79 Å². The van der Waals surface area contributed by atoms with E-state index < -0.39 is 5.79 Å². The maximum absolute atomic E-state index is 5.47. The average Bonchev–Trinajstić information content (AvgIpc) is 1.98. The molecule has 0 bridgehead atoms. The Balaban J connectivity index is 4.57. The minimum atomic E-state index is -0.429. The Bertz CT molecular complexity index is 120. The van der Waals surface area contributed by atoms with Crippen LogP contribution in [0.4, 0.5) is 0 Å². The average molecular weight is 174 g/mol. The lowest BCUT2D eigenvalue weighted by Gasteiger charge is -2.42. The molecule has 0 unspecified atom stereocenters. The molecule has 0 aromatic rings. The highest BCUT2D eigenvalue weighted by atomic mass is 16.7. The molecule has 0 saturated heterocycles. The lowest BCUT2D eigenvalue weighted by Crippen LogP contribution is -2.46. The molecule has 0 spiro atoms. The molecule has 0 aromatic heterocycles. The summed E-state index contributed by atoms with van der Waals surface area (Å²) in [6.07, 6.45) is 2.00. The standard InChI is InChI=1S/C10H22O2/c1-7-8-10(11-5,12-6)9(2,3)4/h7-8H2,1-6H3. The minimum Gasteiger partial charge on any atom is -0.353 e. The van der Waals surface area contributed by atoms with Crippen LogP contribution in [0.25, 0.3) is 0 Å². The second kappa shape index (κ2) is 4.24. The van der Waals surface area contributed by atoms with Crippen molar-refractivity contribution in [1.29, 1.82) is 0 Å². The van der Waals surface area contributed by atoms with Crippen LogP contribution in [-0.4, -0.2) is 20.0 Å². The van der Waals surface area contributed by atoms with Gasteiger partial charge in [-0.1, -0.05) is 34.1 Å². The first-order valence-electron chi connectivity index (χ1n) is 4.54. The van der Waals surface area contributed by atoms with Crippen LogP contribution >= 0.6 is 0 Å². The molecule has 0 rings (SSSR count). The molecule has 0 aliphatic rings. The van der Waals surface area contributed by atoms with Crippen molar-refractivity contribution in [3.8, 4) is 0 Å². The van der Waals surface area contributed by atoms with Crippen LogP contribution in [0, 0.1) is 5.41 Å². The van der Waals surface area contributed by atoms with Gasteiger partial charge in [-0.15, -0.1) is 0 Å². The molecule has 0 amide bonds. The molecule has 0 aliphatic carbocycles. The van der Waals surface area contributed by atoms with E-state index in [1.54, 1.807) is 14.2 Å². The van der Waals surface area contributed by atoms with Gasteiger partial charge in [-0.05, 0) is 0 Å². The zero-order valence-corrected chi connectivity index (χ0v) is 9.23. The summed E-state index contributed by atoms with van der Waals surface area (Å²) in [6.45, 7) is 8.54. The highest BCUT2D eigenvalue weighted by molar-refractivity contribution is 4.83. The fraction of sp³-hybridized carbons (Fsp3) is 1.00. The summed E-state index contributed by atoms with van der Waals surface area (Å²) in [5, 5.41) is 0. The van der Waals surface area contributed by atoms with Crippen molar-refractivity contribution in [2.75, 3.05) is 14.2 Å². The summed E-state index contributed by atoms with van der Waals surface area (Å²) in [5.74, 6) is -0.429. The first-order valence-corrected chi connectivity index (χ1v) is 4.54. The van der Waals surface area contributed by atoms with E-state index in [0.29, 0.717) is 0 Å². The highest BCUT2D eigenvalue weighted by Gasteiger charge is 2.41. The molecule has 0 fully saturated rings. The molecule has 0 radical (unpaired) electrons. The van der Waals surface area contributed by atoms with Crippen molar-refractivity contribution in [1.82, 2.24) is 0 Å². The van der Waals surface area contributed by atoms with Gasteiger partial charge in [-0.25, -0.2) is 0 Å². The Morgan fingerprint density at radius 2 is 1.42 bits per heavy atom. The fourth-order valence-corrected chi connectivity index (χ4v) is 1.60. The second-order valence-electron chi connectivity index (χ2n) is 4.16. The van der Waals surface area contributed by atoms with Crippen LogP contribution in [0.3, 0.4) is 0 Å². The molecular weight excluding hydrogens is 152 g/mol. The van der Waals surface area contributed by atoms with E-state index in [0.717, 1.165) is 12.8 Å². The van der Waals surface area contributed by atoms with Gasteiger partial charge in [-0.3, -0.25) is 0 Å². The Labute approximate surface area is 76.3 Å². The van der Waals surface area contributed by atoms with Crippen molar-refractivity contribution in [3.63, 3.8) is 0 Å².